The van der Waals surface area contributed by atoms with E-state index in [1.165, 1.54) is 0 Å². The van der Waals surface area contributed by atoms with E-state index < -0.39 is 4.92 Å². The first-order valence-corrected chi connectivity index (χ1v) is 5.12. The largest absolute Gasteiger partial charge is 0.394 e. The number of nitrogens with one attached hydrogen (secondary N) is 1. The average molecular weight is 263 g/mol. The lowest BCUT2D eigenvalue weighted by Crippen LogP contribution is -2.13. The van der Waals surface area contributed by atoms with Crippen LogP contribution in [0.15, 0.2) is 6.20 Å². The second-order valence-electron chi connectivity index (χ2n) is 2.89. The molecule has 0 aromatic carbocycles. The molecule has 0 saturated carbocycles. The summed E-state index contributed by atoms with van der Waals surface area (Å²) in [6.07, 6.45) is 1.03. The van der Waals surface area contributed by atoms with Gasteiger partial charge in [0, 0.05) is 6.54 Å². The SMILES string of the molecule is O=[N+]([O-])c1cnc(Cl)nc1NCCOCCO. The molecule has 8 nitrogen and oxygen atoms in total. The number of aromatic nitrogens is 2. The van der Waals surface area contributed by atoms with Crippen molar-refractivity contribution in [3.63, 3.8) is 0 Å². The highest BCUT2D eigenvalue weighted by atomic mass is 35.5. The van der Waals surface area contributed by atoms with E-state index >= 15 is 0 Å². The van der Waals surface area contributed by atoms with Crippen molar-refractivity contribution >= 4 is 23.1 Å². The van der Waals surface area contributed by atoms with Gasteiger partial charge in [0.2, 0.25) is 11.1 Å². The van der Waals surface area contributed by atoms with Crippen LogP contribution in [-0.2, 0) is 4.74 Å². The highest BCUT2D eigenvalue weighted by Crippen LogP contribution is 2.21. The van der Waals surface area contributed by atoms with Crippen molar-refractivity contribution in [2.75, 3.05) is 31.7 Å². The second-order valence-corrected chi connectivity index (χ2v) is 3.23. The van der Waals surface area contributed by atoms with Crippen molar-refractivity contribution in [3.05, 3.63) is 21.6 Å². The summed E-state index contributed by atoms with van der Waals surface area (Å²) in [4.78, 5) is 17.3. The molecule has 0 atom stereocenters. The van der Waals surface area contributed by atoms with Crippen molar-refractivity contribution in [3.8, 4) is 0 Å². The Hall–Kier alpha value is -1.51. The zero-order chi connectivity index (χ0) is 12.7. The van der Waals surface area contributed by atoms with Gasteiger partial charge in [0.1, 0.15) is 6.20 Å². The van der Waals surface area contributed by atoms with Gasteiger partial charge in [-0.05, 0) is 11.6 Å². The fourth-order valence-corrected chi connectivity index (χ4v) is 1.16. The molecule has 1 aromatic heterocycles. The number of hydrogen-bond acceptors (Lipinski definition) is 7. The first kappa shape index (κ1) is 13.6. The third-order valence-electron chi connectivity index (χ3n) is 1.71. The summed E-state index contributed by atoms with van der Waals surface area (Å²) in [6.45, 7) is 0.751. The van der Waals surface area contributed by atoms with Crippen molar-refractivity contribution in [1.82, 2.24) is 9.97 Å². The van der Waals surface area contributed by atoms with E-state index in [0.29, 0.717) is 13.2 Å². The third kappa shape index (κ3) is 4.47. The summed E-state index contributed by atoms with van der Waals surface area (Å²) in [5.41, 5.74) is -0.253. The van der Waals surface area contributed by atoms with Crippen LogP contribution in [-0.4, -0.2) is 46.4 Å². The van der Waals surface area contributed by atoms with Gasteiger partial charge >= 0.3 is 5.69 Å². The lowest BCUT2D eigenvalue weighted by Gasteiger charge is -2.06. The number of halogens is 1. The molecule has 17 heavy (non-hydrogen) atoms. The maximum Gasteiger partial charge on any atom is 0.329 e. The molecular formula is C8H11ClN4O4. The number of ether oxygens (including phenoxy) is 1. The topological polar surface area (TPSA) is 110 Å². The number of aliphatic hydroxyl groups is 1. The van der Waals surface area contributed by atoms with Crippen molar-refractivity contribution in [1.29, 1.82) is 0 Å². The first-order valence-electron chi connectivity index (χ1n) is 4.74. The highest BCUT2D eigenvalue weighted by Gasteiger charge is 2.16. The van der Waals surface area contributed by atoms with Crippen LogP contribution in [0, 0.1) is 10.1 Å². The number of anilines is 1. The van der Waals surface area contributed by atoms with Crippen molar-refractivity contribution < 1.29 is 14.8 Å². The van der Waals surface area contributed by atoms with Gasteiger partial charge in [-0.3, -0.25) is 10.1 Å². The van der Waals surface area contributed by atoms with Crippen LogP contribution >= 0.6 is 11.6 Å². The summed E-state index contributed by atoms with van der Waals surface area (Å²) in [6, 6.07) is 0. The third-order valence-corrected chi connectivity index (χ3v) is 1.89. The van der Waals surface area contributed by atoms with Gasteiger partial charge in [-0.1, -0.05) is 0 Å². The monoisotopic (exact) mass is 262 g/mol. The zero-order valence-electron chi connectivity index (χ0n) is 8.80. The molecule has 0 radical (unpaired) electrons. The summed E-state index contributed by atoms with van der Waals surface area (Å²) in [7, 11) is 0. The molecule has 0 amide bonds. The smallest absolute Gasteiger partial charge is 0.329 e. The molecule has 1 rings (SSSR count). The number of nitrogens with zero attached hydrogens (tertiary/aromatic N) is 3. The Labute approximate surface area is 102 Å². The normalized spacial score (nSPS) is 10.2. The first-order chi connectivity index (χ1) is 8.15. The van der Waals surface area contributed by atoms with E-state index in [9.17, 15) is 10.1 Å². The predicted octanol–water partition coefficient (Wildman–Crippen LogP) is 0.459. The lowest BCUT2D eigenvalue weighted by molar-refractivity contribution is -0.384. The molecule has 0 spiro atoms. The minimum Gasteiger partial charge on any atom is -0.394 e. The highest BCUT2D eigenvalue weighted by molar-refractivity contribution is 6.28. The van der Waals surface area contributed by atoms with Gasteiger partial charge in [-0.15, -0.1) is 0 Å². The van der Waals surface area contributed by atoms with Crippen LogP contribution in [0.5, 0.6) is 0 Å². The maximum atomic E-state index is 10.6. The van der Waals surface area contributed by atoms with Crippen molar-refractivity contribution in [2.24, 2.45) is 0 Å². The van der Waals surface area contributed by atoms with E-state index in [1.54, 1.807) is 0 Å². The van der Waals surface area contributed by atoms with Gasteiger partial charge in [0.05, 0.1) is 24.7 Å². The molecule has 1 aromatic rings. The van der Waals surface area contributed by atoms with E-state index in [0.717, 1.165) is 6.20 Å². The van der Waals surface area contributed by atoms with E-state index in [2.05, 4.69) is 15.3 Å². The molecule has 0 aliphatic carbocycles. The zero-order valence-corrected chi connectivity index (χ0v) is 9.55. The Kier molecular flexibility index (Phi) is 5.53. The molecule has 0 fully saturated rings. The molecule has 94 valence electrons. The lowest BCUT2D eigenvalue weighted by atomic mass is 10.4. The van der Waals surface area contributed by atoms with Crippen LogP contribution in [0.2, 0.25) is 5.28 Å². The van der Waals surface area contributed by atoms with Gasteiger partial charge < -0.3 is 15.2 Å². The Morgan fingerprint density at radius 3 is 3.00 bits per heavy atom. The molecule has 0 saturated heterocycles. The van der Waals surface area contributed by atoms with Crippen molar-refractivity contribution in [2.45, 2.75) is 0 Å². The van der Waals surface area contributed by atoms with Crippen LogP contribution in [0.1, 0.15) is 0 Å². The Balaban J connectivity index is 2.56. The predicted molar refractivity (Wildman–Crippen MR) is 60.1 cm³/mol. The molecular weight excluding hydrogens is 252 g/mol. The summed E-state index contributed by atoms with van der Waals surface area (Å²) in [5.74, 6) is 0.0441. The number of hydrogen-bond donors (Lipinski definition) is 2. The van der Waals surface area contributed by atoms with Gasteiger partial charge in [0.25, 0.3) is 0 Å². The molecule has 0 aliphatic heterocycles. The molecule has 0 bridgehead atoms. The quantitative estimate of drug-likeness (QED) is 0.318. The standard InChI is InChI=1S/C8H11ClN4O4/c9-8-11-5-6(13(15)16)7(12-8)10-1-3-17-4-2-14/h5,14H,1-4H2,(H,10,11,12). The second kappa shape index (κ2) is 6.94. The number of rotatable bonds is 7. The van der Waals surface area contributed by atoms with Gasteiger partial charge in [0.15, 0.2) is 0 Å². The van der Waals surface area contributed by atoms with Crippen LogP contribution in [0.3, 0.4) is 0 Å². The molecule has 0 aliphatic rings. The molecule has 0 unspecified atom stereocenters. The maximum absolute atomic E-state index is 10.6. The van der Waals surface area contributed by atoms with E-state index in [1.807, 2.05) is 0 Å². The van der Waals surface area contributed by atoms with Crippen LogP contribution < -0.4 is 5.32 Å². The fourth-order valence-electron chi connectivity index (χ4n) is 1.03. The average Bonchev–Trinajstić information content (AvgIpc) is 2.28. The Morgan fingerprint density at radius 1 is 1.59 bits per heavy atom. The summed E-state index contributed by atoms with van der Waals surface area (Å²) < 4.78 is 4.98. The minimum atomic E-state index is -0.604. The van der Waals surface area contributed by atoms with Crippen LogP contribution in [0.25, 0.3) is 0 Å². The fraction of sp³-hybridized carbons (Fsp3) is 0.500. The summed E-state index contributed by atoms with van der Waals surface area (Å²) in [5, 5.41) is 21.7. The Morgan fingerprint density at radius 2 is 2.35 bits per heavy atom. The van der Waals surface area contributed by atoms with Gasteiger partial charge in [-0.25, -0.2) is 4.98 Å². The van der Waals surface area contributed by atoms with Gasteiger partial charge in [-0.2, -0.15) is 4.98 Å². The summed E-state index contributed by atoms with van der Waals surface area (Å²) >= 11 is 5.53. The molecule has 9 heteroatoms. The number of aliphatic hydroxyl groups excluding tert-OH is 1. The molecule has 2 N–H and O–H groups in total. The van der Waals surface area contributed by atoms with E-state index in [4.69, 9.17) is 21.4 Å². The Bertz CT molecular complexity index is 390. The van der Waals surface area contributed by atoms with Crippen LogP contribution in [0.4, 0.5) is 11.5 Å². The molecule has 1 heterocycles. The number of nitro groups is 1. The van der Waals surface area contributed by atoms with E-state index in [-0.39, 0.29) is 30.0 Å². The minimum absolute atomic E-state index is 0.0441.